The number of hydrogen-bond acceptors (Lipinski definition) is 1. The molecule has 23 heavy (non-hydrogen) atoms. The largest absolute Gasteiger partial charge is 0.328 e. The fourth-order valence-corrected chi connectivity index (χ4v) is 3.42. The highest BCUT2D eigenvalue weighted by molar-refractivity contribution is 6.31. The van der Waals surface area contributed by atoms with E-state index < -0.39 is 0 Å². The van der Waals surface area contributed by atoms with Crippen LogP contribution in [0.25, 0.3) is 21.8 Å². The van der Waals surface area contributed by atoms with Crippen molar-refractivity contribution in [2.75, 3.05) is 0 Å². The number of imidazole rings is 1. The Morgan fingerprint density at radius 1 is 1.00 bits per heavy atom. The van der Waals surface area contributed by atoms with Crippen LogP contribution in [0.2, 0.25) is 5.02 Å². The monoisotopic (exact) mass is 320 g/mol. The summed E-state index contributed by atoms with van der Waals surface area (Å²) in [6, 6.07) is 20.9. The molecule has 0 unspecified atom stereocenters. The van der Waals surface area contributed by atoms with Crippen LogP contribution in [0.1, 0.15) is 18.3 Å². The van der Waals surface area contributed by atoms with Crippen LogP contribution in [0.4, 0.5) is 0 Å². The third kappa shape index (κ3) is 2.49. The maximum absolute atomic E-state index is 6.15. The Hall–Kier alpha value is -2.32. The first-order valence-corrected chi connectivity index (χ1v) is 8.25. The standard InChI is InChI=1S/C20H17ClN2/c1-2-23-19-13-16(21)10-11-18(19)22-20(23)12-15-8-5-7-14-6-3-4-9-17(14)15/h3-11,13H,2,12H2,1H3. The number of hydrogen-bond donors (Lipinski definition) is 0. The van der Waals surface area contributed by atoms with Crippen LogP contribution >= 0.6 is 11.6 Å². The number of nitrogens with zero attached hydrogens (tertiary/aromatic N) is 2. The summed E-state index contributed by atoms with van der Waals surface area (Å²) in [5, 5.41) is 3.32. The van der Waals surface area contributed by atoms with Gasteiger partial charge in [0, 0.05) is 18.0 Å². The van der Waals surface area contributed by atoms with Crippen molar-refractivity contribution < 1.29 is 0 Å². The zero-order valence-corrected chi connectivity index (χ0v) is 13.7. The number of fused-ring (bicyclic) bond motifs is 2. The van der Waals surface area contributed by atoms with Crippen LogP contribution in [0.3, 0.4) is 0 Å². The van der Waals surface area contributed by atoms with Crippen molar-refractivity contribution in [3.63, 3.8) is 0 Å². The van der Waals surface area contributed by atoms with Gasteiger partial charge in [-0.3, -0.25) is 0 Å². The molecule has 0 spiro atoms. The van der Waals surface area contributed by atoms with Crippen molar-refractivity contribution in [3.05, 3.63) is 77.1 Å². The van der Waals surface area contributed by atoms with Crippen molar-refractivity contribution in [1.29, 1.82) is 0 Å². The first kappa shape index (κ1) is 14.3. The molecule has 3 heteroatoms. The number of rotatable bonds is 3. The van der Waals surface area contributed by atoms with Gasteiger partial charge in [0.25, 0.3) is 0 Å². The fraction of sp³-hybridized carbons (Fsp3) is 0.150. The van der Waals surface area contributed by atoms with E-state index in [1.807, 2.05) is 18.2 Å². The van der Waals surface area contributed by atoms with Gasteiger partial charge < -0.3 is 4.57 Å². The Balaban J connectivity index is 1.86. The van der Waals surface area contributed by atoms with Crippen LogP contribution in [0, 0.1) is 0 Å². The summed E-state index contributed by atoms with van der Waals surface area (Å²) in [5.41, 5.74) is 3.42. The molecule has 0 saturated heterocycles. The van der Waals surface area contributed by atoms with Crippen LogP contribution in [0.5, 0.6) is 0 Å². The summed E-state index contributed by atoms with van der Waals surface area (Å²) in [7, 11) is 0. The fourth-order valence-electron chi connectivity index (χ4n) is 3.25. The number of halogens is 1. The average Bonchev–Trinajstić information content (AvgIpc) is 2.91. The molecule has 0 aliphatic heterocycles. The van der Waals surface area contributed by atoms with E-state index >= 15 is 0 Å². The minimum absolute atomic E-state index is 0.754. The molecule has 0 radical (unpaired) electrons. The first-order chi connectivity index (χ1) is 11.3. The molecule has 0 amide bonds. The maximum Gasteiger partial charge on any atom is 0.114 e. The van der Waals surface area contributed by atoms with Gasteiger partial charge in [0.15, 0.2) is 0 Å². The molecule has 0 atom stereocenters. The molecule has 4 rings (SSSR count). The molecular formula is C20H17ClN2. The highest BCUT2D eigenvalue weighted by Crippen LogP contribution is 2.25. The second-order valence-corrected chi connectivity index (χ2v) is 6.16. The van der Waals surface area contributed by atoms with E-state index in [-0.39, 0.29) is 0 Å². The quantitative estimate of drug-likeness (QED) is 0.490. The number of aryl methyl sites for hydroxylation is 1. The topological polar surface area (TPSA) is 17.8 Å². The SMILES string of the molecule is CCn1c(Cc2cccc3ccccc23)nc2ccc(Cl)cc21. The molecule has 0 fully saturated rings. The summed E-state index contributed by atoms with van der Waals surface area (Å²) in [5.74, 6) is 1.08. The normalized spacial score (nSPS) is 11.4. The van der Waals surface area contributed by atoms with Gasteiger partial charge in [0.2, 0.25) is 0 Å². The van der Waals surface area contributed by atoms with Crippen LogP contribution in [-0.2, 0) is 13.0 Å². The summed E-state index contributed by atoms with van der Waals surface area (Å²) in [6.45, 7) is 3.03. The lowest BCUT2D eigenvalue weighted by atomic mass is 10.0. The van der Waals surface area contributed by atoms with Gasteiger partial charge in [-0.05, 0) is 41.5 Å². The van der Waals surface area contributed by atoms with Gasteiger partial charge in [0.1, 0.15) is 5.82 Å². The third-order valence-electron chi connectivity index (χ3n) is 4.33. The van der Waals surface area contributed by atoms with Crippen molar-refractivity contribution >= 4 is 33.4 Å². The zero-order valence-electron chi connectivity index (χ0n) is 13.0. The molecule has 0 N–H and O–H groups in total. The molecule has 0 aliphatic carbocycles. The van der Waals surface area contributed by atoms with E-state index in [1.165, 1.54) is 16.3 Å². The Bertz CT molecular complexity index is 996. The van der Waals surface area contributed by atoms with Crippen molar-refractivity contribution in [2.45, 2.75) is 19.9 Å². The van der Waals surface area contributed by atoms with E-state index in [0.717, 1.165) is 34.8 Å². The van der Waals surface area contributed by atoms with E-state index in [9.17, 15) is 0 Å². The molecule has 1 aromatic heterocycles. The summed E-state index contributed by atoms with van der Waals surface area (Å²) in [4.78, 5) is 4.83. The first-order valence-electron chi connectivity index (χ1n) is 7.87. The third-order valence-corrected chi connectivity index (χ3v) is 4.57. The second-order valence-electron chi connectivity index (χ2n) is 5.72. The molecule has 1 heterocycles. The molecule has 4 aromatic rings. The predicted molar refractivity (Wildman–Crippen MR) is 97.2 cm³/mol. The lowest BCUT2D eigenvalue weighted by Gasteiger charge is -2.09. The molecular weight excluding hydrogens is 304 g/mol. The minimum atomic E-state index is 0.754. The maximum atomic E-state index is 6.15. The Labute approximate surface area is 140 Å². The molecule has 0 saturated carbocycles. The van der Waals surface area contributed by atoms with Crippen LogP contribution < -0.4 is 0 Å². The Morgan fingerprint density at radius 3 is 2.70 bits per heavy atom. The highest BCUT2D eigenvalue weighted by Gasteiger charge is 2.12. The number of benzene rings is 3. The van der Waals surface area contributed by atoms with Gasteiger partial charge in [-0.25, -0.2) is 4.98 Å². The van der Waals surface area contributed by atoms with Crippen LogP contribution in [-0.4, -0.2) is 9.55 Å². The zero-order chi connectivity index (χ0) is 15.8. The van der Waals surface area contributed by atoms with Gasteiger partial charge in [-0.2, -0.15) is 0 Å². The van der Waals surface area contributed by atoms with E-state index in [1.54, 1.807) is 0 Å². The lowest BCUT2D eigenvalue weighted by molar-refractivity contribution is 0.734. The molecule has 0 aliphatic rings. The molecule has 2 nitrogen and oxygen atoms in total. The highest BCUT2D eigenvalue weighted by atomic mass is 35.5. The summed E-state index contributed by atoms with van der Waals surface area (Å²) in [6.07, 6.45) is 0.821. The van der Waals surface area contributed by atoms with Gasteiger partial charge in [-0.1, -0.05) is 54.1 Å². The van der Waals surface area contributed by atoms with Gasteiger partial charge in [0.05, 0.1) is 11.0 Å². The predicted octanol–water partition coefficient (Wildman–Crippen LogP) is 5.45. The Kier molecular flexibility index (Phi) is 3.55. The van der Waals surface area contributed by atoms with Crippen molar-refractivity contribution in [2.24, 2.45) is 0 Å². The van der Waals surface area contributed by atoms with Crippen LogP contribution in [0.15, 0.2) is 60.7 Å². The minimum Gasteiger partial charge on any atom is -0.328 e. The summed E-state index contributed by atoms with van der Waals surface area (Å²) >= 11 is 6.15. The van der Waals surface area contributed by atoms with E-state index in [0.29, 0.717) is 0 Å². The lowest BCUT2D eigenvalue weighted by Crippen LogP contribution is -2.03. The summed E-state index contributed by atoms with van der Waals surface area (Å²) < 4.78 is 2.25. The van der Waals surface area contributed by atoms with Gasteiger partial charge in [-0.15, -0.1) is 0 Å². The number of aromatic nitrogens is 2. The van der Waals surface area contributed by atoms with Crippen molar-refractivity contribution in [3.8, 4) is 0 Å². The average molecular weight is 321 g/mol. The smallest absolute Gasteiger partial charge is 0.114 e. The van der Waals surface area contributed by atoms with E-state index in [2.05, 4.69) is 54.0 Å². The molecule has 3 aromatic carbocycles. The molecule has 0 bridgehead atoms. The second kappa shape index (κ2) is 5.71. The van der Waals surface area contributed by atoms with Crippen molar-refractivity contribution in [1.82, 2.24) is 9.55 Å². The molecule has 114 valence electrons. The van der Waals surface area contributed by atoms with Gasteiger partial charge >= 0.3 is 0 Å². The Morgan fingerprint density at radius 2 is 1.83 bits per heavy atom. The van der Waals surface area contributed by atoms with E-state index in [4.69, 9.17) is 16.6 Å².